The molecule has 0 aromatic heterocycles. The third-order valence-corrected chi connectivity index (χ3v) is 1.59. The minimum absolute atomic E-state index is 0. The Hall–Kier alpha value is 0.780. The SMILES string of the molecule is CP(C)CC(O)O.[P]. The molecule has 2 N–H and O–H groups in total. The minimum Gasteiger partial charge on any atom is -0.368 e. The van der Waals surface area contributed by atoms with Crippen molar-refractivity contribution in [2.24, 2.45) is 0 Å². The van der Waals surface area contributed by atoms with E-state index in [0.29, 0.717) is 6.16 Å². The largest absolute Gasteiger partial charge is 0.368 e. The summed E-state index contributed by atoms with van der Waals surface area (Å²) in [4.78, 5) is 0. The summed E-state index contributed by atoms with van der Waals surface area (Å²) in [6.07, 6.45) is -0.559. The molecule has 4 heteroatoms. The highest BCUT2D eigenvalue weighted by molar-refractivity contribution is 7.56. The van der Waals surface area contributed by atoms with Gasteiger partial charge in [0.05, 0.1) is 0 Å². The Balaban J connectivity index is 0. The second kappa shape index (κ2) is 5.91. The molecule has 0 aliphatic heterocycles. The molecule has 0 fully saturated rings. The van der Waals surface area contributed by atoms with Crippen molar-refractivity contribution in [2.45, 2.75) is 6.29 Å². The summed E-state index contributed by atoms with van der Waals surface area (Å²) >= 11 is 0. The van der Waals surface area contributed by atoms with Gasteiger partial charge < -0.3 is 10.2 Å². The highest BCUT2D eigenvalue weighted by Crippen LogP contribution is 2.23. The van der Waals surface area contributed by atoms with Crippen LogP contribution in [0.5, 0.6) is 0 Å². The molecule has 0 atom stereocenters. The molecular formula is C4H11O2P2. The van der Waals surface area contributed by atoms with Crippen molar-refractivity contribution in [3.8, 4) is 0 Å². The number of rotatable bonds is 2. The van der Waals surface area contributed by atoms with Crippen molar-refractivity contribution in [1.82, 2.24) is 0 Å². The Labute approximate surface area is 54.7 Å². The number of hydrogen-bond donors (Lipinski definition) is 2. The first kappa shape index (κ1) is 11.6. The van der Waals surface area contributed by atoms with E-state index >= 15 is 0 Å². The van der Waals surface area contributed by atoms with E-state index in [1.54, 1.807) is 0 Å². The van der Waals surface area contributed by atoms with Crippen molar-refractivity contribution in [3.05, 3.63) is 0 Å². The first-order valence-corrected chi connectivity index (χ1v) is 4.56. The molecule has 0 aromatic carbocycles. The zero-order chi connectivity index (χ0) is 5.86. The van der Waals surface area contributed by atoms with Crippen LogP contribution in [0.2, 0.25) is 0 Å². The van der Waals surface area contributed by atoms with Crippen LogP contribution >= 0.6 is 17.8 Å². The molecule has 0 aliphatic carbocycles. The highest BCUT2D eigenvalue weighted by atomic mass is 31.1. The van der Waals surface area contributed by atoms with E-state index in [4.69, 9.17) is 10.2 Å². The normalized spacial score (nSPS) is 9.75. The van der Waals surface area contributed by atoms with Crippen molar-refractivity contribution < 1.29 is 10.2 Å². The van der Waals surface area contributed by atoms with Crippen LogP contribution in [0.15, 0.2) is 0 Å². The van der Waals surface area contributed by atoms with E-state index in [1.165, 1.54) is 0 Å². The molecule has 49 valence electrons. The van der Waals surface area contributed by atoms with Crippen LogP contribution in [-0.2, 0) is 0 Å². The fraction of sp³-hybridized carbons (Fsp3) is 1.00. The van der Waals surface area contributed by atoms with Crippen LogP contribution in [0, 0.1) is 0 Å². The average Bonchev–Trinajstić information content (AvgIpc) is 1.27. The maximum Gasteiger partial charge on any atom is 0.155 e. The lowest BCUT2D eigenvalue weighted by Gasteiger charge is -2.04. The Kier molecular flexibility index (Phi) is 8.54. The summed E-state index contributed by atoms with van der Waals surface area (Å²) in [6.45, 7) is 4.02. The van der Waals surface area contributed by atoms with E-state index in [-0.39, 0.29) is 17.8 Å². The molecule has 0 aliphatic rings. The third kappa shape index (κ3) is 9.91. The van der Waals surface area contributed by atoms with Gasteiger partial charge in [-0.15, -0.1) is 7.92 Å². The van der Waals surface area contributed by atoms with Crippen LogP contribution in [0.4, 0.5) is 0 Å². The highest BCUT2D eigenvalue weighted by Gasteiger charge is 1.98. The number of aliphatic hydroxyl groups excluding tert-OH is 1. The average molecular weight is 153 g/mol. The smallest absolute Gasteiger partial charge is 0.155 e. The fourth-order valence-corrected chi connectivity index (χ4v) is 0.980. The molecule has 0 saturated carbocycles. The topological polar surface area (TPSA) is 40.5 Å². The maximum absolute atomic E-state index is 8.29. The summed E-state index contributed by atoms with van der Waals surface area (Å²) < 4.78 is 0. The molecule has 0 spiro atoms. The monoisotopic (exact) mass is 153 g/mol. The molecule has 0 rings (SSSR count). The molecule has 0 heterocycles. The lowest BCUT2D eigenvalue weighted by molar-refractivity contribution is -0.0194. The van der Waals surface area contributed by atoms with Crippen LogP contribution < -0.4 is 0 Å². The van der Waals surface area contributed by atoms with Crippen molar-refractivity contribution in [1.29, 1.82) is 0 Å². The number of aliphatic hydroxyl groups is 2. The third-order valence-electron chi connectivity index (χ3n) is 0.528. The van der Waals surface area contributed by atoms with Crippen molar-refractivity contribution in [2.75, 3.05) is 19.5 Å². The summed E-state index contributed by atoms with van der Waals surface area (Å²) in [5, 5.41) is 16.6. The Bertz CT molecular complexity index is 41.3. The van der Waals surface area contributed by atoms with Gasteiger partial charge >= 0.3 is 0 Å². The van der Waals surface area contributed by atoms with Gasteiger partial charge in [0.1, 0.15) is 0 Å². The van der Waals surface area contributed by atoms with Gasteiger partial charge in [-0.3, -0.25) is 0 Å². The molecule has 0 unspecified atom stereocenters. The van der Waals surface area contributed by atoms with Crippen LogP contribution in [0.1, 0.15) is 0 Å². The predicted molar refractivity (Wildman–Crippen MR) is 38.8 cm³/mol. The molecule has 2 nitrogen and oxygen atoms in total. The van der Waals surface area contributed by atoms with Gasteiger partial charge in [0, 0.05) is 16.1 Å². The molecule has 0 saturated heterocycles. The molecule has 0 aromatic rings. The lowest BCUT2D eigenvalue weighted by Crippen LogP contribution is -2.07. The zero-order valence-corrected chi connectivity index (χ0v) is 6.86. The van der Waals surface area contributed by atoms with E-state index in [2.05, 4.69) is 0 Å². The minimum atomic E-state index is -1.10. The van der Waals surface area contributed by atoms with Gasteiger partial charge in [-0.05, 0) is 13.3 Å². The van der Waals surface area contributed by atoms with Crippen LogP contribution in [0.3, 0.4) is 0 Å². The maximum atomic E-state index is 8.29. The summed E-state index contributed by atoms with van der Waals surface area (Å²) in [7, 11) is -0.140. The summed E-state index contributed by atoms with van der Waals surface area (Å²) in [5.74, 6) is 0. The molecular weight excluding hydrogens is 142 g/mol. The molecule has 0 bridgehead atoms. The van der Waals surface area contributed by atoms with Gasteiger partial charge in [0.2, 0.25) is 0 Å². The Morgan fingerprint density at radius 2 is 1.75 bits per heavy atom. The van der Waals surface area contributed by atoms with E-state index in [9.17, 15) is 0 Å². The molecule has 8 heavy (non-hydrogen) atoms. The standard InChI is InChI=1S/C4H11O2P.P/c1-7(2)3-4(5)6;/h4-6H,3H2,1-2H3;. The van der Waals surface area contributed by atoms with Gasteiger partial charge in [0.25, 0.3) is 0 Å². The van der Waals surface area contributed by atoms with E-state index < -0.39 is 6.29 Å². The summed E-state index contributed by atoms with van der Waals surface area (Å²) in [5.41, 5.74) is 0. The Morgan fingerprint density at radius 3 is 1.75 bits per heavy atom. The predicted octanol–water partition coefficient (Wildman–Crippen LogP) is 0.900. The van der Waals surface area contributed by atoms with Crippen molar-refractivity contribution in [3.63, 3.8) is 0 Å². The second-order valence-corrected chi connectivity index (χ2v) is 4.27. The quantitative estimate of drug-likeness (QED) is 0.457. The van der Waals surface area contributed by atoms with Gasteiger partial charge in [-0.25, -0.2) is 0 Å². The van der Waals surface area contributed by atoms with Gasteiger partial charge in [-0.1, -0.05) is 0 Å². The van der Waals surface area contributed by atoms with Crippen LogP contribution in [0.25, 0.3) is 0 Å². The molecule has 0 amide bonds. The van der Waals surface area contributed by atoms with Gasteiger partial charge in [0.15, 0.2) is 6.29 Å². The first-order valence-electron chi connectivity index (χ1n) is 2.14. The zero-order valence-electron chi connectivity index (χ0n) is 5.07. The van der Waals surface area contributed by atoms with Crippen molar-refractivity contribution >= 4 is 17.8 Å². The van der Waals surface area contributed by atoms with E-state index in [1.807, 2.05) is 13.3 Å². The first-order chi connectivity index (χ1) is 3.13. The fourth-order valence-electron chi connectivity index (χ4n) is 0.327. The second-order valence-electron chi connectivity index (χ2n) is 1.74. The van der Waals surface area contributed by atoms with E-state index in [0.717, 1.165) is 0 Å². The van der Waals surface area contributed by atoms with Crippen LogP contribution in [-0.4, -0.2) is 36.0 Å². The number of hydrogen-bond acceptors (Lipinski definition) is 2. The van der Waals surface area contributed by atoms with Gasteiger partial charge in [-0.2, -0.15) is 0 Å². The Morgan fingerprint density at radius 1 is 1.38 bits per heavy atom. The lowest BCUT2D eigenvalue weighted by atomic mass is 10.8. The molecule has 3 radical (unpaired) electrons. The summed E-state index contributed by atoms with van der Waals surface area (Å²) in [6, 6.07) is 0.